The van der Waals surface area contributed by atoms with E-state index in [1.54, 1.807) is 9.47 Å². The van der Waals surface area contributed by atoms with Gasteiger partial charge in [-0.1, -0.05) is 18.2 Å². The summed E-state index contributed by atoms with van der Waals surface area (Å²) in [7, 11) is 0. The summed E-state index contributed by atoms with van der Waals surface area (Å²) < 4.78 is 7.39. The Kier molecular flexibility index (Phi) is 6.96. The first kappa shape index (κ1) is 26.5. The van der Waals surface area contributed by atoms with Gasteiger partial charge in [0.25, 0.3) is 0 Å². The number of nitrogens with zero attached hydrogens (tertiary/aromatic N) is 6. The van der Waals surface area contributed by atoms with Crippen LogP contribution >= 0.6 is 0 Å². The maximum atomic E-state index is 12.7. The zero-order chi connectivity index (χ0) is 27.9. The number of carbonyl (C=O) groups excluding carboxylic acids is 1. The highest BCUT2D eigenvalue weighted by Gasteiger charge is 2.32. The summed E-state index contributed by atoms with van der Waals surface area (Å²) in [4.78, 5) is 30.8. The predicted octanol–water partition coefficient (Wildman–Crippen LogP) is 5.32. The molecule has 4 heterocycles. The van der Waals surface area contributed by atoms with Crippen LogP contribution in [-0.4, -0.2) is 66.9 Å². The van der Waals surface area contributed by atoms with Crippen LogP contribution in [0.25, 0.3) is 21.8 Å². The van der Waals surface area contributed by atoms with Crippen molar-refractivity contribution in [1.29, 1.82) is 0 Å². The number of ether oxygens (including phenoxy) is 1. The molecule has 0 unspecified atom stereocenters. The molecular formula is C29H37N7O3. The molecule has 206 valence electrons. The fraction of sp³-hybridized carbons (Fsp3) is 0.448. The summed E-state index contributed by atoms with van der Waals surface area (Å²) in [5, 5.41) is 16.3. The summed E-state index contributed by atoms with van der Waals surface area (Å²) >= 11 is 0. The quantitative estimate of drug-likeness (QED) is 0.356. The van der Waals surface area contributed by atoms with Crippen LogP contribution < -0.4 is 10.2 Å². The van der Waals surface area contributed by atoms with Crippen LogP contribution in [0, 0.1) is 0 Å². The molecule has 0 aliphatic carbocycles. The van der Waals surface area contributed by atoms with Crippen LogP contribution in [-0.2, 0) is 11.3 Å². The number of amides is 1. The first-order valence-electron chi connectivity index (χ1n) is 13.4. The smallest absolute Gasteiger partial charge is 0.410 e. The Hall–Kier alpha value is -4.08. The van der Waals surface area contributed by atoms with Gasteiger partial charge in [0.05, 0.1) is 10.9 Å². The standard InChI is InChI=1S/C29H37N7O3/c1-18(2)36-17-22-24(26(36)37)32-27(34-11-12-35(19(3)16-34)28(38)39-29(4,5)6)33-25(22)31-15-20-13-21-9-7-8-10-23(21)30-14-20/h7-10,13-14,17-19,37H,11-12,15-16H2,1-6H3,(H,31,32,33)/t19-/m0/s1. The van der Waals surface area contributed by atoms with Crippen molar-refractivity contribution >= 4 is 39.7 Å². The van der Waals surface area contributed by atoms with E-state index in [-0.39, 0.29) is 24.1 Å². The Morgan fingerprint density at radius 2 is 1.97 bits per heavy atom. The molecule has 0 bridgehead atoms. The molecule has 10 heteroatoms. The minimum atomic E-state index is -0.551. The average molecular weight is 532 g/mol. The van der Waals surface area contributed by atoms with E-state index >= 15 is 0 Å². The van der Waals surface area contributed by atoms with Crippen LogP contribution in [0.1, 0.15) is 53.1 Å². The van der Waals surface area contributed by atoms with Gasteiger partial charge in [0.1, 0.15) is 16.9 Å². The SMILES string of the molecule is CC(C)n1cc2c(NCc3cnc4ccccc4c3)nc(N3CCN(C(=O)OC(C)(C)C)[C@@H](C)C3)nc2c1O. The number of rotatable bonds is 5. The minimum Gasteiger partial charge on any atom is -0.493 e. The third-order valence-electron chi connectivity index (χ3n) is 6.86. The summed E-state index contributed by atoms with van der Waals surface area (Å²) in [5.41, 5.74) is 1.92. The molecule has 3 aromatic heterocycles. The molecule has 5 rings (SSSR count). The molecule has 1 aliphatic heterocycles. The van der Waals surface area contributed by atoms with Gasteiger partial charge >= 0.3 is 6.09 Å². The molecule has 39 heavy (non-hydrogen) atoms. The zero-order valence-electron chi connectivity index (χ0n) is 23.5. The van der Waals surface area contributed by atoms with E-state index in [4.69, 9.17) is 14.7 Å². The third kappa shape index (κ3) is 5.55. The summed E-state index contributed by atoms with van der Waals surface area (Å²) in [5.74, 6) is 1.26. The van der Waals surface area contributed by atoms with E-state index in [9.17, 15) is 9.90 Å². The number of para-hydroxylation sites is 1. The monoisotopic (exact) mass is 531 g/mol. The van der Waals surface area contributed by atoms with Crippen molar-refractivity contribution in [3.05, 3.63) is 48.3 Å². The predicted molar refractivity (Wildman–Crippen MR) is 153 cm³/mol. The van der Waals surface area contributed by atoms with Crippen LogP contribution in [0.2, 0.25) is 0 Å². The molecular weight excluding hydrogens is 494 g/mol. The van der Waals surface area contributed by atoms with Gasteiger partial charge in [0.15, 0.2) is 0 Å². The molecule has 2 N–H and O–H groups in total. The lowest BCUT2D eigenvalue weighted by Crippen LogP contribution is -2.55. The van der Waals surface area contributed by atoms with E-state index in [1.807, 2.05) is 78.2 Å². The van der Waals surface area contributed by atoms with Crippen molar-refractivity contribution in [2.45, 2.75) is 65.8 Å². The lowest BCUT2D eigenvalue weighted by molar-refractivity contribution is 0.0158. The molecule has 4 aromatic rings. The first-order chi connectivity index (χ1) is 18.5. The molecule has 0 saturated carbocycles. The number of hydrogen-bond acceptors (Lipinski definition) is 8. The second-order valence-electron chi connectivity index (χ2n) is 11.4. The average Bonchev–Trinajstić information content (AvgIpc) is 3.22. The molecule has 10 nitrogen and oxygen atoms in total. The maximum absolute atomic E-state index is 12.7. The normalized spacial score (nSPS) is 16.3. The number of pyridine rings is 1. The van der Waals surface area contributed by atoms with Gasteiger partial charge in [-0.3, -0.25) is 4.98 Å². The number of piperazine rings is 1. The third-order valence-corrected chi connectivity index (χ3v) is 6.86. The molecule has 1 atom stereocenters. The van der Waals surface area contributed by atoms with Crippen LogP contribution in [0.4, 0.5) is 16.6 Å². The fourth-order valence-corrected chi connectivity index (χ4v) is 4.87. The van der Waals surface area contributed by atoms with Crippen LogP contribution in [0.3, 0.4) is 0 Å². The lowest BCUT2D eigenvalue weighted by Gasteiger charge is -2.40. The second-order valence-corrected chi connectivity index (χ2v) is 11.4. The molecule has 0 radical (unpaired) electrons. The Morgan fingerprint density at radius 1 is 1.21 bits per heavy atom. The maximum Gasteiger partial charge on any atom is 0.410 e. The van der Waals surface area contributed by atoms with Crippen molar-refractivity contribution in [2.24, 2.45) is 0 Å². The highest BCUT2D eigenvalue weighted by atomic mass is 16.6. The lowest BCUT2D eigenvalue weighted by atomic mass is 10.1. The number of fused-ring (bicyclic) bond motifs is 2. The van der Waals surface area contributed by atoms with Crippen molar-refractivity contribution < 1.29 is 14.6 Å². The Bertz CT molecular complexity index is 1510. The van der Waals surface area contributed by atoms with Gasteiger partial charge < -0.3 is 29.5 Å². The van der Waals surface area contributed by atoms with E-state index < -0.39 is 5.60 Å². The molecule has 0 spiro atoms. The van der Waals surface area contributed by atoms with E-state index in [0.717, 1.165) is 21.9 Å². The van der Waals surface area contributed by atoms with Crippen molar-refractivity contribution in [3.63, 3.8) is 0 Å². The number of aromatic hydroxyl groups is 1. The Labute approximate surface area is 228 Å². The summed E-state index contributed by atoms with van der Waals surface area (Å²) in [6.07, 6.45) is 3.44. The summed E-state index contributed by atoms with van der Waals surface area (Å²) in [6.45, 7) is 13.7. The van der Waals surface area contributed by atoms with Crippen LogP contribution in [0.5, 0.6) is 5.88 Å². The van der Waals surface area contributed by atoms with Crippen molar-refractivity contribution in [2.75, 3.05) is 29.9 Å². The van der Waals surface area contributed by atoms with E-state index in [0.29, 0.717) is 43.5 Å². The number of carbonyl (C=O) groups is 1. The molecule has 1 fully saturated rings. The topological polar surface area (TPSA) is 109 Å². The molecule has 1 saturated heterocycles. The van der Waals surface area contributed by atoms with Gasteiger partial charge in [-0.15, -0.1) is 0 Å². The van der Waals surface area contributed by atoms with Gasteiger partial charge in [-0.25, -0.2) is 9.78 Å². The second kappa shape index (κ2) is 10.2. The minimum absolute atomic E-state index is 0.0533. The number of hydrogen-bond donors (Lipinski definition) is 2. The number of nitrogens with one attached hydrogen (secondary N) is 1. The van der Waals surface area contributed by atoms with Crippen molar-refractivity contribution in [1.82, 2.24) is 24.4 Å². The summed E-state index contributed by atoms with van der Waals surface area (Å²) in [6, 6.07) is 10.1. The van der Waals surface area contributed by atoms with E-state index in [2.05, 4.69) is 21.3 Å². The molecule has 1 aliphatic rings. The van der Waals surface area contributed by atoms with Gasteiger partial charge in [-0.2, -0.15) is 4.98 Å². The fourth-order valence-electron chi connectivity index (χ4n) is 4.87. The zero-order valence-corrected chi connectivity index (χ0v) is 23.5. The number of anilines is 2. The van der Waals surface area contributed by atoms with Gasteiger partial charge in [0.2, 0.25) is 11.8 Å². The van der Waals surface area contributed by atoms with E-state index in [1.165, 1.54) is 0 Å². The highest BCUT2D eigenvalue weighted by molar-refractivity contribution is 5.94. The van der Waals surface area contributed by atoms with Crippen LogP contribution in [0.15, 0.2) is 42.7 Å². The van der Waals surface area contributed by atoms with Crippen molar-refractivity contribution in [3.8, 4) is 5.88 Å². The first-order valence-corrected chi connectivity index (χ1v) is 13.4. The molecule has 1 amide bonds. The van der Waals surface area contributed by atoms with Gasteiger partial charge in [-0.05, 0) is 59.2 Å². The highest BCUT2D eigenvalue weighted by Crippen LogP contribution is 2.34. The van der Waals surface area contributed by atoms with Gasteiger partial charge in [0, 0.05) is 56.0 Å². The Balaban J connectivity index is 1.43. The largest absolute Gasteiger partial charge is 0.493 e. The Morgan fingerprint density at radius 3 is 2.69 bits per heavy atom. The number of benzene rings is 1. The molecule has 1 aromatic carbocycles. The number of aromatic nitrogens is 4.